The number of rotatable bonds is 7. The van der Waals surface area contributed by atoms with Crippen molar-refractivity contribution < 1.29 is 4.74 Å². The normalized spacial score (nSPS) is 10.5. The van der Waals surface area contributed by atoms with E-state index in [1.807, 2.05) is 0 Å². The summed E-state index contributed by atoms with van der Waals surface area (Å²) in [5.41, 5.74) is 1.21. The lowest BCUT2D eigenvalue weighted by atomic mass is 10.2. The van der Waals surface area contributed by atoms with Gasteiger partial charge in [-0.15, -0.1) is 12.3 Å². The van der Waals surface area contributed by atoms with Crippen LogP contribution in [0.4, 0.5) is 0 Å². The minimum Gasteiger partial charge on any atom is -0.490 e. The van der Waals surface area contributed by atoms with Gasteiger partial charge in [0.05, 0.1) is 15.6 Å². The highest BCUT2D eigenvalue weighted by molar-refractivity contribution is 9.11. The number of terminal acetylenes is 1. The van der Waals surface area contributed by atoms with Crippen LogP contribution in [0.15, 0.2) is 21.1 Å². The molecule has 0 saturated heterocycles. The molecule has 0 bridgehead atoms. The van der Waals surface area contributed by atoms with Crippen LogP contribution in [-0.2, 0) is 6.54 Å². The van der Waals surface area contributed by atoms with Crippen molar-refractivity contribution in [2.45, 2.75) is 26.8 Å². The molecular weight excluding hydrogens is 370 g/mol. The number of hydrogen-bond acceptors (Lipinski definition) is 2. The van der Waals surface area contributed by atoms with E-state index in [1.54, 1.807) is 0 Å². The van der Waals surface area contributed by atoms with Crippen LogP contribution in [-0.4, -0.2) is 13.2 Å². The van der Waals surface area contributed by atoms with Crippen LogP contribution in [0.25, 0.3) is 0 Å². The maximum Gasteiger partial charge on any atom is 0.147 e. The molecule has 0 aliphatic heterocycles. The Kier molecular flexibility index (Phi) is 7.52. The monoisotopic (exact) mass is 387 g/mol. The second-order valence-corrected chi connectivity index (χ2v) is 6.42. The highest BCUT2D eigenvalue weighted by atomic mass is 79.9. The molecule has 19 heavy (non-hydrogen) atoms. The molecule has 1 aromatic rings. The lowest BCUT2D eigenvalue weighted by Crippen LogP contribution is -2.19. The van der Waals surface area contributed by atoms with E-state index >= 15 is 0 Å². The molecular formula is C15H19Br2NO. The third-order valence-corrected chi connectivity index (χ3v) is 3.61. The third-order valence-electron chi connectivity index (χ3n) is 2.43. The van der Waals surface area contributed by atoms with Crippen molar-refractivity contribution in [3.05, 3.63) is 26.6 Å². The molecule has 0 spiro atoms. The zero-order valence-corrected chi connectivity index (χ0v) is 14.5. The summed E-state index contributed by atoms with van der Waals surface area (Å²) in [5, 5.41) is 3.42. The first-order chi connectivity index (χ1) is 9.04. The van der Waals surface area contributed by atoms with Gasteiger partial charge in [0, 0.05) is 13.0 Å². The van der Waals surface area contributed by atoms with Crippen molar-refractivity contribution in [1.82, 2.24) is 5.32 Å². The second-order valence-electron chi connectivity index (χ2n) is 4.72. The first kappa shape index (κ1) is 16.6. The molecule has 0 amide bonds. The molecule has 0 aliphatic rings. The number of halogens is 2. The predicted octanol–water partition coefficient (Wildman–Crippen LogP) is 4.36. The Morgan fingerprint density at radius 2 is 1.95 bits per heavy atom. The van der Waals surface area contributed by atoms with Crippen molar-refractivity contribution in [2.75, 3.05) is 13.2 Å². The summed E-state index contributed by atoms with van der Waals surface area (Å²) < 4.78 is 7.54. The third kappa shape index (κ3) is 5.99. The molecule has 1 N–H and O–H groups in total. The fraction of sp³-hybridized carbons (Fsp3) is 0.467. The molecule has 0 atom stereocenters. The summed E-state index contributed by atoms with van der Waals surface area (Å²) in [4.78, 5) is 0. The van der Waals surface area contributed by atoms with E-state index < -0.39 is 0 Å². The van der Waals surface area contributed by atoms with E-state index in [4.69, 9.17) is 11.2 Å². The molecule has 0 aromatic heterocycles. The molecule has 0 saturated carbocycles. The Morgan fingerprint density at radius 3 is 2.47 bits per heavy atom. The van der Waals surface area contributed by atoms with Crippen molar-refractivity contribution in [3.8, 4) is 18.1 Å². The molecule has 0 unspecified atom stereocenters. The average molecular weight is 389 g/mol. The molecule has 0 heterocycles. The summed E-state index contributed by atoms with van der Waals surface area (Å²) in [6.07, 6.45) is 5.82. The first-order valence-corrected chi connectivity index (χ1v) is 7.88. The Morgan fingerprint density at radius 1 is 1.32 bits per heavy atom. The highest BCUT2D eigenvalue weighted by Gasteiger charge is 2.09. The average Bonchev–Trinajstić information content (AvgIpc) is 2.32. The maximum absolute atomic E-state index is 5.65. The van der Waals surface area contributed by atoms with E-state index in [0.29, 0.717) is 18.9 Å². The molecule has 2 nitrogen and oxygen atoms in total. The van der Waals surface area contributed by atoms with E-state index in [2.05, 4.69) is 69.1 Å². The van der Waals surface area contributed by atoms with E-state index in [1.165, 1.54) is 5.56 Å². The topological polar surface area (TPSA) is 21.3 Å². The van der Waals surface area contributed by atoms with Gasteiger partial charge < -0.3 is 10.1 Å². The largest absolute Gasteiger partial charge is 0.490 e. The summed E-state index contributed by atoms with van der Waals surface area (Å²) in [6, 6.07) is 4.15. The van der Waals surface area contributed by atoms with Crippen molar-refractivity contribution >= 4 is 31.9 Å². The standard InChI is InChI=1S/C15H19Br2NO/c1-4-5-6-19-15-13(16)7-12(8-14(15)17)10-18-9-11(2)3/h1,7-8,11,18H,5-6,9-10H2,2-3H3. The summed E-state index contributed by atoms with van der Waals surface area (Å²) in [5.74, 6) is 4.02. The van der Waals surface area contributed by atoms with Gasteiger partial charge in [0.1, 0.15) is 5.75 Å². The fourth-order valence-corrected chi connectivity index (χ4v) is 3.08. The van der Waals surface area contributed by atoms with Crippen LogP contribution in [0.5, 0.6) is 5.75 Å². The van der Waals surface area contributed by atoms with Crippen molar-refractivity contribution in [3.63, 3.8) is 0 Å². The molecule has 0 aliphatic carbocycles. The lowest BCUT2D eigenvalue weighted by Gasteiger charge is -2.12. The fourth-order valence-electron chi connectivity index (χ4n) is 1.57. The number of ether oxygens (including phenoxy) is 1. The minimum atomic E-state index is 0.526. The Labute approximate surface area is 132 Å². The van der Waals surface area contributed by atoms with Gasteiger partial charge in [-0.25, -0.2) is 0 Å². The van der Waals surface area contributed by atoms with Crippen LogP contribution >= 0.6 is 31.9 Å². The highest BCUT2D eigenvalue weighted by Crippen LogP contribution is 2.34. The van der Waals surface area contributed by atoms with Crippen molar-refractivity contribution in [1.29, 1.82) is 0 Å². The van der Waals surface area contributed by atoms with Gasteiger partial charge in [-0.05, 0) is 62.0 Å². The number of benzene rings is 1. The number of nitrogens with one attached hydrogen (secondary N) is 1. The molecule has 0 radical (unpaired) electrons. The van der Waals surface area contributed by atoms with E-state index in [0.717, 1.165) is 27.8 Å². The zero-order chi connectivity index (χ0) is 14.3. The zero-order valence-electron chi connectivity index (χ0n) is 11.3. The Hall–Kier alpha value is -0.500. The van der Waals surface area contributed by atoms with Gasteiger partial charge in [-0.2, -0.15) is 0 Å². The van der Waals surface area contributed by atoms with E-state index in [9.17, 15) is 0 Å². The van der Waals surface area contributed by atoms with E-state index in [-0.39, 0.29) is 0 Å². The second kappa shape index (κ2) is 8.63. The van der Waals surface area contributed by atoms with Gasteiger partial charge in [-0.3, -0.25) is 0 Å². The van der Waals surface area contributed by atoms with Gasteiger partial charge in [0.25, 0.3) is 0 Å². The minimum absolute atomic E-state index is 0.526. The summed E-state index contributed by atoms with van der Waals surface area (Å²) in [6.45, 7) is 6.77. The Bertz CT molecular complexity index is 429. The van der Waals surface area contributed by atoms with Gasteiger partial charge >= 0.3 is 0 Å². The quantitative estimate of drug-likeness (QED) is 0.553. The van der Waals surface area contributed by atoms with Gasteiger partial charge in [0.15, 0.2) is 0 Å². The lowest BCUT2D eigenvalue weighted by molar-refractivity contribution is 0.323. The number of hydrogen-bond donors (Lipinski definition) is 1. The summed E-state index contributed by atoms with van der Waals surface area (Å²) in [7, 11) is 0. The molecule has 1 aromatic carbocycles. The Balaban J connectivity index is 2.65. The molecule has 4 heteroatoms. The summed E-state index contributed by atoms with van der Waals surface area (Å²) >= 11 is 7.07. The maximum atomic E-state index is 5.65. The smallest absolute Gasteiger partial charge is 0.147 e. The molecule has 1 rings (SSSR count). The van der Waals surface area contributed by atoms with Crippen LogP contribution in [0, 0.1) is 18.3 Å². The van der Waals surface area contributed by atoms with Crippen LogP contribution in [0.3, 0.4) is 0 Å². The van der Waals surface area contributed by atoms with Crippen molar-refractivity contribution in [2.24, 2.45) is 5.92 Å². The predicted molar refractivity (Wildman–Crippen MR) is 87.3 cm³/mol. The van der Waals surface area contributed by atoms with Gasteiger partial charge in [-0.1, -0.05) is 13.8 Å². The van der Waals surface area contributed by atoms with Crippen LogP contribution in [0.1, 0.15) is 25.8 Å². The van der Waals surface area contributed by atoms with Crippen LogP contribution < -0.4 is 10.1 Å². The molecule has 0 fully saturated rings. The molecule has 104 valence electrons. The SMILES string of the molecule is C#CCCOc1c(Br)cc(CNCC(C)C)cc1Br. The first-order valence-electron chi connectivity index (χ1n) is 6.29. The van der Waals surface area contributed by atoms with Crippen LogP contribution in [0.2, 0.25) is 0 Å². The van der Waals surface area contributed by atoms with Gasteiger partial charge in [0.2, 0.25) is 0 Å².